The van der Waals surface area contributed by atoms with Gasteiger partial charge in [-0.3, -0.25) is 4.79 Å². The summed E-state index contributed by atoms with van der Waals surface area (Å²) in [7, 11) is 3.08. The van der Waals surface area contributed by atoms with Gasteiger partial charge < -0.3 is 19.7 Å². The summed E-state index contributed by atoms with van der Waals surface area (Å²) in [6.07, 6.45) is -0.0621. The number of hydrogen-bond donors (Lipinski definition) is 1. The Kier molecular flexibility index (Phi) is 5.37. The first-order valence-electron chi connectivity index (χ1n) is 6.66. The Balaban J connectivity index is 1.96. The van der Waals surface area contributed by atoms with Crippen LogP contribution in [-0.2, 0) is 4.74 Å². The molecule has 8 heteroatoms. The van der Waals surface area contributed by atoms with Crippen LogP contribution < -0.4 is 10.1 Å². The summed E-state index contributed by atoms with van der Waals surface area (Å²) in [5, 5.41) is 3.29. The molecular formula is C14H16Cl2N2O4. The predicted octanol–water partition coefficient (Wildman–Crippen LogP) is 2.57. The Hall–Kier alpha value is -1.66. The summed E-state index contributed by atoms with van der Waals surface area (Å²) in [6.45, 7) is 0.854. The van der Waals surface area contributed by atoms with Crippen LogP contribution in [0.15, 0.2) is 12.1 Å². The van der Waals surface area contributed by atoms with E-state index in [1.807, 2.05) is 0 Å². The Labute approximate surface area is 138 Å². The molecule has 1 saturated heterocycles. The number of nitrogens with one attached hydrogen (secondary N) is 1. The summed E-state index contributed by atoms with van der Waals surface area (Å²) in [5.74, 6) is -0.152. The van der Waals surface area contributed by atoms with Gasteiger partial charge in [-0.2, -0.15) is 0 Å². The highest BCUT2D eigenvalue weighted by atomic mass is 35.5. The number of carbonyl (C=O) groups is 2. The number of carbonyl (C=O) groups excluding carboxylic acids is 2. The standard InChI is InChI=1S/C14H16Cl2N2O4/c1-18-7-8(22-14(18)20)5-6-17-13(19)11-9(15)3-4-10(16)12(11)21-2/h3-4,8H,5-7H2,1-2H3,(H,17,19). The lowest BCUT2D eigenvalue weighted by Crippen LogP contribution is -2.29. The zero-order valence-corrected chi connectivity index (χ0v) is 13.7. The maximum Gasteiger partial charge on any atom is 0.409 e. The number of halogens is 2. The Bertz CT molecular complexity index is 594. The van der Waals surface area contributed by atoms with Crippen molar-refractivity contribution in [2.24, 2.45) is 0 Å². The molecule has 0 aliphatic carbocycles. The number of benzene rings is 1. The van der Waals surface area contributed by atoms with E-state index >= 15 is 0 Å². The molecule has 0 radical (unpaired) electrons. The van der Waals surface area contributed by atoms with Gasteiger partial charge in [0.15, 0.2) is 5.75 Å². The van der Waals surface area contributed by atoms with E-state index in [0.29, 0.717) is 24.5 Å². The maximum absolute atomic E-state index is 12.2. The number of likely N-dealkylation sites (N-methyl/N-ethyl adjacent to an activating group) is 1. The molecule has 1 N–H and O–H groups in total. The highest BCUT2D eigenvalue weighted by Gasteiger charge is 2.28. The molecule has 1 aromatic rings. The predicted molar refractivity (Wildman–Crippen MR) is 82.9 cm³/mol. The molecule has 0 saturated carbocycles. The van der Waals surface area contributed by atoms with Crippen LogP contribution in [0.2, 0.25) is 10.0 Å². The SMILES string of the molecule is COc1c(Cl)ccc(Cl)c1C(=O)NCCC1CN(C)C(=O)O1. The van der Waals surface area contributed by atoms with Gasteiger partial charge in [-0.15, -0.1) is 0 Å². The maximum atomic E-state index is 12.2. The fourth-order valence-corrected chi connectivity index (χ4v) is 2.65. The van der Waals surface area contributed by atoms with Crippen molar-refractivity contribution in [1.82, 2.24) is 10.2 Å². The molecular weight excluding hydrogens is 331 g/mol. The van der Waals surface area contributed by atoms with E-state index in [2.05, 4.69) is 5.32 Å². The quantitative estimate of drug-likeness (QED) is 0.889. The fourth-order valence-electron chi connectivity index (χ4n) is 2.18. The molecule has 1 aromatic carbocycles. The van der Waals surface area contributed by atoms with Gasteiger partial charge in [-0.05, 0) is 12.1 Å². The lowest BCUT2D eigenvalue weighted by Gasteiger charge is -2.13. The number of ether oxygens (including phenoxy) is 2. The third-order valence-corrected chi connectivity index (χ3v) is 3.91. The second-order valence-electron chi connectivity index (χ2n) is 4.87. The first-order chi connectivity index (χ1) is 10.4. The first kappa shape index (κ1) is 16.7. The summed E-state index contributed by atoms with van der Waals surface area (Å²) >= 11 is 12.0. The van der Waals surface area contributed by atoms with Crippen LogP contribution in [0.25, 0.3) is 0 Å². The normalized spacial score (nSPS) is 17.4. The number of hydrogen-bond acceptors (Lipinski definition) is 4. The van der Waals surface area contributed by atoms with Gasteiger partial charge in [0.25, 0.3) is 5.91 Å². The zero-order chi connectivity index (χ0) is 16.3. The van der Waals surface area contributed by atoms with Crippen LogP contribution in [0.1, 0.15) is 16.8 Å². The lowest BCUT2D eigenvalue weighted by molar-refractivity contribution is 0.0941. The second kappa shape index (κ2) is 7.07. The Morgan fingerprint density at radius 3 is 2.73 bits per heavy atom. The molecule has 6 nitrogen and oxygen atoms in total. The largest absolute Gasteiger partial charge is 0.494 e. The van der Waals surface area contributed by atoms with Crippen molar-refractivity contribution >= 4 is 35.2 Å². The minimum atomic E-state index is -0.387. The Morgan fingerprint density at radius 2 is 2.14 bits per heavy atom. The van der Waals surface area contributed by atoms with Crippen LogP contribution in [-0.4, -0.2) is 50.3 Å². The van der Waals surface area contributed by atoms with Crippen LogP contribution in [0.5, 0.6) is 5.75 Å². The van der Waals surface area contributed by atoms with Crippen molar-refractivity contribution < 1.29 is 19.1 Å². The number of cyclic esters (lactones) is 1. The number of amides is 2. The van der Waals surface area contributed by atoms with Crippen LogP contribution in [0.4, 0.5) is 4.79 Å². The average molecular weight is 347 g/mol. The molecule has 2 rings (SSSR count). The van der Waals surface area contributed by atoms with Gasteiger partial charge in [0.05, 0.1) is 23.7 Å². The van der Waals surface area contributed by atoms with Crippen molar-refractivity contribution in [2.75, 3.05) is 27.2 Å². The fraction of sp³-hybridized carbons (Fsp3) is 0.429. The van der Waals surface area contributed by atoms with Gasteiger partial charge in [-0.1, -0.05) is 23.2 Å². The lowest BCUT2D eigenvalue weighted by atomic mass is 10.1. The van der Waals surface area contributed by atoms with E-state index in [0.717, 1.165) is 0 Å². The van der Waals surface area contributed by atoms with E-state index in [-0.39, 0.29) is 34.4 Å². The number of nitrogens with zero attached hydrogens (tertiary/aromatic N) is 1. The van der Waals surface area contributed by atoms with Gasteiger partial charge >= 0.3 is 6.09 Å². The van der Waals surface area contributed by atoms with Crippen LogP contribution >= 0.6 is 23.2 Å². The minimum Gasteiger partial charge on any atom is -0.494 e. The molecule has 0 spiro atoms. The molecule has 1 unspecified atom stereocenters. The molecule has 0 bridgehead atoms. The van der Waals surface area contributed by atoms with Crippen molar-refractivity contribution in [1.29, 1.82) is 0 Å². The van der Waals surface area contributed by atoms with Crippen LogP contribution in [0.3, 0.4) is 0 Å². The monoisotopic (exact) mass is 346 g/mol. The third kappa shape index (κ3) is 3.56. The van der Waals surface area contributed by atoms with E-state index < -0.39 is 0 Å². The third-order valence-electron chi connectivity index (χ3n) is 3.30. The molecule has 1 fully saturated rings. The van der Waals surface area contributed by atoms with Crippen LogP contribution in [0, 0.1) is 0 Å². The topological polar surface area (TPSA) is 67.9 Å². The zero-order valence-electron chi connectivity index (χ0n) is 12.2. The van der Waals surface area contributed by atoms with Gasteiger partial charge in [0.2, 0.25) is 0 Å². The highest BCUT2D eigenvalue weighted by molar-refractivity contribution is 6.37. The molecule has 120 valence electrons. The van der Waals surface area contributed by atoms with E-state index in [4.69, 9.17) is 32.7 Å². The van der Waals surface area contributed by atoms with Crippen molar-refractivity contribution in [3.63, 3.8) is 0 Å². The second-order valence-corrected chi connectivity index (χ2v) is 5.68. The van der Waals surface area contributed by atoms with Crippen molar-refractivity contribution in [3.05, 3.63) is 27.7 Å². The van der Waals surface area contributed by atoms with Crippen molar-refractivity contribution in [3.8, 4) is 5.75 Å². The minimum absolute atomic E-state index is 0.192. The summed E-state index contributed by atoms with van der Waals surface area (Å²) in [5.41, 5.74) is 0.192. The molecule has 1 atom stereocenters. The summed E-state index contributed by atoms with van der Waals surface area (Å²) in [4.78, 5) is 25.0. The summed E-state index contributed by atoms with van der Waals surface area (Å²) in [6, 6.07) is 3.10. The van der Waals surface area contributed by atoms with E-state index in [1.165, 1.54) is 18.1 Å². The smallest absolute Gasteiger partial charge is 0.409 e. The molecule has 1 aliphatic rings. The van der Waals surface area contributed by atoms with E-state index in [1.54, 1.807) is 13.1 Å². The van der Waals surface area contributed by atoms with Gasteiger partial charge in [0, 0.05) is 20.0 Å². The molecule has 1 heterocycles. The number of rotatable bonds is 5. The van der Waals surface area contributed by atoms with E-state index in [9.17, 15) is 9.59 Å². The first-order valence-corrected chi connectivity index (χ1v) is 7.41. The summed E-state index contributed by atoms with van der Waals surface area (Å²) < 4.78 is 10.2. The molecule has 0 aromatic heterocycles. The average Bonchev–Trinajstić information content (AvgIpc) is 2.79. The highest BCUT2D eigenvalue weighted by Crippen LogP contribution is 2.33. The van der Waals surface area contributed by atoms with Crippen molar-refractivity contribution in [2.45, 2.75) is 12.5 Å². The Morgan fingerprint density at radius 1 is 1.45 bits per heavy atom. The van der Waals surface area contributed by atoms with Gasteiger partial charge in [-0.25, -0.2) is 4.79 Å². The molecule has 22 heavy (non-hydrogen) atoms. The molecule has 1 aliphatic heterocycles. The molecule has 2 amide bonds. The number of methoxy groups -OCH3 is 1. The van der Waals surface area contributed by atoms with Gasteiger partial charge in [0.1, 0.15) is 11.7 Å².